The lowest BCUT2D eigenvalue weighted by Crippen LogP contribution is -2.36. The van der Waals surface area contributed by atoms with E-state index in [-0.39, 0.29) is 0 Å². The summed E-state index contributed by atoms with van der Waals surface area (Å²) in [6.45, 7) is 6.02. The van der Waals surface area contributed by atoms with E-state index >= 15 is 0 Å². The summed E-state index contributed by atoms with van der Waals surface area (Å²) in [5, 5.41) is 6.04. The number of aromatic nitrogens is 4. The third-order valence-corrected chi connectivity index (χ3v) is 4.38. The maximum atomic E-state index is 6.22. The zero-order chi connectivity index (χ0) is 16.5. The van der Waals surface area contributed by atoms with Gasteiger partial charge in [-0.2, -0.15) is 5.10 Å². The van der Waals surface area contributed by atoms with Crippen LogP contribution in [-0.2, 0) is 11.3 Å². The fourth-order valence-corrected chi connectivity index (χ4v) is 3.26. The van der Waals surface area contributed by atoms with Crippen molar-refractivity contribution in [1.29, 1.82) is 0 Å². The number of halogens is 1. The number of aryl methyl sites for hydroxylation is 1. The van der Waals surface area contributed by atoms with Crippen molar-refractivity contribution in [3.63, 3.8) is 0 Å². The summed E-state index contributed by atoms with van der Waals surface area (Å²) in [5.74, 6) is 0. The number of rotatable bonds is 3. The third-order valence-electron chi connectivity index (χ3n) is 4.19. The summed E-state index contributed by atoms with van der Waals surface area (Å²) in [6, 6.07) is 5.82. The molecule has 0 saturated carbocycles. The lowest BCUT2D eigenvalue weighted by Gasteiger charge is -2.26. The van der Waals surface area contributed by atoms with E-state index < -0.39 is 0 Å². The van der Waals surface area contributed by atoms with Crippen LogP contribution in [0.1, 0.15) is 11.4 Å². The van der Waals surface area contributed by atoms with Crippen molar-refractivity contribution in [2.75, 3.05) is 26.3 Å². The molecule has 1 fully saturated rings. The minimum Gasteiger partial charge on any atom is -0.379 e. The van der Waals surface area contributed by atoms with E-state index in [1.807, 2.05) is 36.0 Å². The van der Waals surface area contributed by atoms with E-state index in [0.717, 1.165) is 60.8 Å². The zero-order valence-electron chi connectivity index (χ0n) is 13.4. The molecule has 0 radical (unpaired) electrons. The van der Waals surface area contributed by atoms with Crippen molar-refractivity contribution in [3.8, 4) is 5.69 Å². The molecule has 0 unspecified atom stereocenters. The predicted octanol–water partition coefficient (Wildman–Crippen LogP) is 2.61. The summed E-state index contributed by atoms with van der Waals surface area (Å²) in [5.41, 5.74) is 3.86. The van der Waals surface area contributed by atoms with Crippen LogP contribution in [0.4, 0.5) is 0 Å². The molecule has 1 saturated heterocycles. The largest absolute Gasteiger partial charge is 0.379 e. The topological polar surface area (TPSA) is 56.1 Å². The molecular formula is C17H18ClN5O. The average Bonchev–Trinajstić information content (AvgIpc) is 3.00. The van der Waals surface area contributed by atoms with Gasteiger partial charge in [0.2, 0.25) is 0 Å². The molecule has 3 aromatic rings. The van der Waals surface area contributed by atoms with Gasteiger partial charge >= 0.3 is 0 Å². The monoisotopic (exact) mass is 343 g/mol. The number of ether oxygens (including phenoxy) is 1. The fraction of sp³-hybridized carbons (Fsp3) is 0.353. The Kier molecular flexibility index (Phi) is 4.18. The van der Waals surface area contributed by atoms with Crippen LogP contribution >= 0.6 is 11.6 Å². The van der Waals surface area contributed by atoms with E-state index in [0.29, 0.717) is 5.15 Å². The predicted molar refractivity (Wildman–Crippen MR) is 92.5 cm³/mol. The van der Waals surface area contributed by atoms with Crippen molar-refractivity contribution in [1.82, 2.24) is 24.6 Å². The van der Waals surface area contributed by atoms with Crippen molar-refractivity contribution < 1.29 is 4.74 Å². The first-order valence-electron chi connectivity index (χ1n) is 7.97. The smallest absolute Gasteiger partial charge is 0.130 e. The Morgan fingerprint density at radius 1 is 1.25 bits per heavy atom. The van der Waals surface area contributed by atoms with Crippen LogP contribution in [0.2, 0.25) is 5.15 Å². The van der Waals surface area contributed by atoms with Gasteiger partial charge in [-0.05, 0) is 25.1 Å². The Balaban J connectivity index is 1.81. The van der Waals surface area contributed by atoms with Gasteiger partial charge in [0.1, 0.15) is 5.15 Å². The summed E-state index contributed by atoms with van der Waals surface area (Å²) < 4.78 is 7.35. The van der Waals surface area contributed by atoms with E-state index in [2.05, 4.69) is 20.0 Å². The first kappa shape index (κ1) is 15.5. The second kappa shape index (κ2) is 6.47. The molecule has 6 nitrogen and oxygen atoms in total. The van der Waals surface area contributed by atoms with Gasteiger partial charge in [0.25, 0.3) is 0 Å². The van der Waals surface area contributed by atoms with Crippen molar-refractivity contribution in [3.05, 3.63) is 47.1 Å². The molecule has 0 atom stereocenters. The summed E-state index contributed by atoms with van der Waals surface area (Å²) in [4.78, 5) is 11.2. The van der Waals surface area contributed by atoms with Gasteiger partial charge in [0.05, 0.1) is 36.3 Å². The second-order valence-electron chi connectivity index (χ2n) is 5.93. The molecule has 4 rings (SSSR count). The van der Waals surface area contributed by atoms with Crippen LogP contribution in [0.25, 0.3) is 16.6 Å². The van der Waals surface area contributed by atoms with Crippen LogP contribution in [0.5, 0.6) is 0 Å². The molecule has 0 N–H and O–H groups in total. The normalized spacial score (nSPS) is 15.9. The number of pyridine rings is 2. The van der Waals surface area contributed by atoms with Crippen molar-refractivity contribution in [2.24, 2.45) is 0 Å². The molecule has 0 spiro atoms. The highest BCUT2D eigenvalue weighted by molar-refractivity contribution is 6.30. The fourth-order valence-electron chi connectivity index (χ4n) is 3.04. The molecule has 24 heavy (non-hydrogen) atoms. The van der Waals surface area contributed by atoms with Crippen LogP contribution < -0.4 is 0 Å². The Morgan fingerprint density at radius 2 is 2.08 bits per heavy atom. The third kappa shape index (κ3) is 3.00. The maximum absolute atomic E-state index is 6.22. The average molecular weight is 344 g/mol. The number of nitrogens with zero attached hydrogens (tertiary/aromatic N) is 5. The van der Waals surface area contributed by atoms with E-state index in [4.69, 9.17) is 16.3 Å². The Hall–Kier alpha value is -2.02. The first-order valence-corrected chi connectivity index (χ1v) is 8.35. The van der Waals surface area contributed by atoms with Gasteiger partial charge in [-0.25, -0.2) is 9.67 Å². The van der Waals surface area contributed by atoms with Crippen molar-refractivity contribution >= 4 is 22.5 Å². The molecule has 0 aromatic carbocycles. The van der Waals surface area contributed by atoms with Crippen molar-refractivity contribution in [2.45, 2.75) is 13.5 Å². The second-order valence-corrected chi connectivity index (χ2v) is 6.32. The Labute approximate surface area is 145 Å². The number of fused-ring (bicyclic) bond motifs is 1. The highest BCUT2D eigenvalue weighted by atomic mass is 35.5. The molecule has 0 aliphatic carbocycles. The van der Waals surface area contributed by atoms with Gasteiger partial charge in [0.15, 0.2) is 0 Å². The molecular weight excluding hydrogens is 326 g/mol. The summed E-state index contributed by atoms with van der Waals surface area (Å²) >= 11 is 6.22. The number of hydrogen-bond acceptors (Lipinski definition) is 5. The summed E-state index contributed by atoms with van der Waals surface area (Å²) in [7, 11) is 0. The molecule has 1 aliphatic rings. The minimum absolute atomic E-state index is 0.496. The molecule has 0 amide bonds. The first-order chi connectivity index (χ1) is 11.7. The van der Waals surface area contributed by atoms with Gasteiger partial charge in [-0.3, -0.25) is 9.88 Å². The van der Waals surface area contributed by atoms with Crippen LogP contribution in [0.15, 0.2) is 30.6 Å². The maximum Gasteiger partial charge on any atom is 0.130 e. The summed E-state index contributed by atoms with van der Waals surface area (Å²) in [6.07, 6.45) is 3.63. The van der Waals surface area contributed by atoms with E-state index in [9.17, 15) is 0 Å². The lowest BCUT2D eigenvalue weighted by molar-refractivity contribution is 0.0338. The SMILES string of the molecule is Cc1cc(-n2ncc3cc(Cl)nc(CN4CCOCC4)c32)ccn1. The molecule has 4 heterocycles. The molecule has 0 bridgehead atoms. The molecule has 124 valence electrons. The Morgan fingerprint density at radius 3 is 2.88 bits per heavy atom. The van der Waals surface area contributed by atoms with E-state index in [1.54, 1.807) is 6.20 Å². The number of hydrogen-bond donors (Lipinski definition) is 0. The molecule has 7 heteroatoms. The van der Waals surface area contributed by atoms with Crippen LogP contribution in [0, 0.1) is 6.92 Å². The molecule has 3 aromatic heterocycles. The lowest BCUT2D eigenvalue weighted by atomic mass is 10.2. The van der Waals surface area contributed by atoms with Gasteiger partial charge in [-0.15, -0.1) is 0 Å². The highest BCUT2D eigenvalue weighted by Gasteiger charge is 2.17. The molecule has 1 aliphatic heterocycles. The van der Waals surface area contributed by atoms with E-state index in [1.165, 1.54) is 0 Å². The standard InChI is InChI=1S/C17H18ClN5O/c1-12-8-14(2-3-19-12)23-17-13(10-20-23)9-16(18)21-15(17)11-22-4-6-24-7-5-22/h2-3,8-10H,4-7,11H2,1H3. The van der Waals surface area contributed by atoms with Crippen LogP contribution in [0.3, 0.4) is 0 Å². The quantitative estimate of drug-likeness (QED) is 0.684. The van der Waals surface area contributed by atoms with Gasteiger partial charge in [-0.1, -0.05) is 11.6 Å². The highest BCUT2D eigenvalue weighted by Crippen LogP contribution is 2.25. The van der Waals surface area contributed by atoms with Gasteiger partial charge in [0, 0.05) is 36.9 Å². The minimum atomic E-state index is 0.496. The van der Waals surface area contributed by atoms with Crippen LogP contribution in [-0.4, -0.2) is 51.0 Å². The number of morpholine rings is 1. The zero-order valence-corrected chi connectivity index (χ0v) is 14.2. The van der Waals surface area contributed by atoms with Gasteiger partial charge < -0.3 is 4.74 Å². The Bertz CT molecular complexity index is 873.